The number of ether oxygens (including phenoxy) is 1. The van der Waals surface area contributed by atoms with E-state index in [0.717, 1.165) is 12.1 Å². The summed E-state index contributed by atoms with van der Waals surface area (Å²) >= 11 is 0. The third-order valence-corrected chi connectivity index (χ3v) is 5.51. The number of benzene rings is 1. The third kappa shape index (κ3) is 2.96. The van der Waals surface area contributed by atoms with E-state index in [2.05, 4.69) is 15.4 Å². The molecule has 0 saturated heterocycles. The van der Waals surface area contributed by atoms with Crippen molar-refractivity contribution in [3.05, 3.63) is 47.5 Å². The fraction of sp³-hybridized carbons (Fsp3) is 0.250. The van der Waals surface area contributed by atoms with E-state index in [4.69, 9.17) is 4.74 Å². The molecule has 25 heavy (non-hydrogen) atoms. The van der Waals surface area contributed by atoms with E-state index in [1.807, 2.05) is 0 Å². The van der Waals surface area contributed by atoms with E-state index in [1.54, 1.807) is 20.0 Å². The Kier molecular flexibility index (Phi) is 4.44. The summed E-state index contributed by atoms with van der Waals surface area (Å²) in [4.78, 5) is 4.30. The zero-order valence-electron chi connectivity index (χ0n) is 13.9. The summed E-state index contributed by atoms with van der Waals surface area (Å²) in [5.74, 6) is -0.335. The summed E-state index contributed by atoms with van der Waals surface area (Å²) in [6.45, 7) is 2.04. The second-order valence-corrected chi connectivity index (χ2v) is 7.33. The molecule has 132 valence electrons. The zero-order chi connectivity index (χ0) is 18.2. The number of hydrogen-bond acceptors (Lipinski definition) is 6. The van der Waals surface area contributed by atoms with E-state index in [9.17, 15) is 12.8 Å². The summed E-state index contributed by atoms with van der Waals surface area (Å²) < 4.78 is 45.9. The molecule has 0 amide bonds. The molecule has 7 nitrogen and oxygen atoms in total. The molecule has 0 spiro atoms. The van der Waals surface area contributed by atoms with Gasteiger partial charge in [-0.2, -0.15) is 0 Å². The minimum atomic E-state index is -3.95. The maximum Gasteiger partial charge on any atom is 0.214 e. The highest BCUT2D eigenvalue weighted by Gasteiger charge is 2.29. The van der Waals surface area contributed by atoms with Crippen molar-refractivity contribution >= 4 is 21.3 Å². The molecule has 0 bridgehead atoms. The van der Waals surface area contributed by atoms with Crippen LogP contribution in [0.4, 0.5) is 10.2 Å². The Morgan fingerprint density at radius 2 is 1.96 bits per heavy atom. The molecule has 2 heterocycles. The van der Waals surface area contributed by atoms with Crippen LogP contribution in [0.5, 0.6) is 0 Å². The molecule has 0 fully saturated rings. The van der Waals surface area contributed by atoms with Crippen molar-refractivity contribution in [3.63, 3.8) is 0 Å². The van der Waals surface area contributed by atoms with Crippen LogP contribution in [0.2, 0.25) is 0 Å². The minimum absolute atomic E-state index is 0.0307. The van der Waals surface area contributed by atoms with Gasteiger partial charge in [-0.25, -0.2) is 22.3 Å². The second-order valence-electron chi connectivity index (χ2n) is 5.44. The molecule has 0 saturated carbocycles. The van der Waals surface area contributed by atoms with Crippen molar-refractivity contribution in [3.8, 4) is 0 Å². The van der Waals surface area contributed by atoms with Crippen LogP contribution in [-0.4, -0.2) is 37.2 Å². The number of aryl methyl sites for hydroxylation is 1. The molecule has 9 heteroatoms. The summed E-state index contributed by atoms with van der Waals surface area (Å²) in [5, 5.41) is 7.08. The number of rotatable bonds is 5. The van der Waals surface area contributed by atoms with Gasteiger partial charge in [0.1, 0.15) is 5.82 Å². The number of sulfone groups is 1. The van der Waals surface area contributed by atoms with Gasteiger partial charge in [0.05, 0.1) is 17.2 Å². The SMILES string of the molecule is CNc1nn2c(C)cc(COC)nc2c1S(=O)(=O)c1ccc(F)cc1. The predicted octanol–water partition coefficient (Wildman–Crippen LogP) is 2.20. The maximum absolute atomic E-state index is 13.2. The molecule has 0 aliphatic carbocycles. The van der Waals surface area contributed by atoms with Gasteiger partial charge >= 0.3 is 0 Å². The Morgan fingerprint density at radius 3 is 2.56 bits per heavy atom. The van der Waals surface area contributed by atoms with Crippen molar-refractivity contribution in [2.24, 2.45) is 0 Å². The summed E-state index contributed by atoms with van der Waals surface area (Å²) in [6.07, 6.45) is 0. The van der Waals surface area contributed by atoms with E-state index in [1.165, 1.54) is 23.8 Å². The van der Waals surface area contributed by atoms with Gasteiger partial charge in [-0.15, -0.1) is 5.10 Å². The van der Waals surface area contributed by atoms with Crippen molar-refractivity contribution in [2.75, 3.05) is 19.5 Å². The summed E-state index contributed by atoms with van der Waals surface area (Å²) in [6, 6.07) is 6.43. The fourth-order valence-electron chi connectivity index (χ4n) is 2.57. The monoisotopic (exact) mass is 364 g/mol. The van der Waals surface area contributed by atoms with Gasteiger partial charge in [0, 0.05) is 19.9 Å². The topological polar surface area (TPSA) is 85.6 Å². The lowest BCUT2D eigenvalue weighted by Crippen LogP contribution is -2.07. The minimum Gasteiger partial charge on any atom is -0.378 e. The zero-order valence-corrected chi connectivity index (χ0v) is 14.8. The number of hydrogen-bond donors (Lipinski definition) is 1. The molecule has 0 radical (unpaired) electrons. The molecule has 3 aromatic rings. The maximum atomic E-state index is 13.2. The first-order valence-electron chi connectivity index (χ1n) is 7.45. The van der Waals surface area contributed by atoms with Crippen LogP contribution >= 0.6 is 0 Å². The first-order chi connectivity index (χ1) is 11.9. The Bertz CT molecular complexity index is 1030. The number of halogens is 1. The first-order valence-corrected chi connectivity index (χ1v) is 8.93. The highest BCUT2D eigenvalue weighted by Crippen LogP contribution is 2.31. The average Bonchev–Trinajstić information content (AvgIpc) is 2.95. The Hall–Kier alpha value is -2.52. The quantitative estimate of drug-likeness (QED) is 0.699. The standard InChI is InChI=1S/C16H17FN4O3S/c1-10-8-12(9-24-3)19-16-14(15(18-2)20-21(10)16)25(22,23)13-6-4-11(17)5-7-13/h4-8H,9H2,1-3H3,(H,18,20). The largest absolute Gasteiger partial charge is 0.378 e. The highest BCUT2D eigenvalue weighted by molar-refractivity contribution is 7.91. The number of nitrogens with zero attached hydrogens (tertiary/aromatic N) is 3. The molecule has 0 aliphatic rings. The lowest BCUT2D eigenvalue weighted by Gasteiger charge is -2.07. The Balaban J connectivity index is 2.31. The van der Waals surface area contributed by atoms with E-state index in [0.29, 0.717) is 11.4 Å². The average molecular weight is 364 g/mol. The van der Waals surface area contributed by atoms with Gasteiger partial charge in [-0.3, -0.25) is 0 Å². The smallest absolute Gasteiger partial charge is 0.214 e. The first kappa shape index (κ1) is 17.3. The van der Waals surface area contributed by atoms with E-state index < -0.39 is 15.7 Å². The second kappa shape index (κ2) is 6.41. The van der Waals surface area contributed by atoms with Crippen molar-refractivity contribution < 1.29 is 17.5 Å². The number of nitrogens with one attached hydrogen (secondary N) is 1. The van der Waals surface area contributed by atoms with Crippen LogP contribution in [0, 0.1) is 12.7 Å². The molecule has 1 N–H and O–H groups in total. The van der Waals surface area contributed by atoms with Crippen molar-refractivity contribution in [1.82, 2.24) is 14.6 Å². The van der Waals surface area contributed by atoms with Crippen molar-refractivity contribution in [1.29, 1.82) is 0 Å². The van der Waals surface area contributed by atoms with E-state index >= 15 is 0 Å². The molecular formula is C16H17FN4O3S. The number of fused-ring (bicyclic) bond motifs is 1. The molecule has 3 rings (SSSR count). The van der Waals surface area contributed by atoms with Crippen LogP contribution < -0.4 is 5.32 Å². The third-order valence-electron chi connectivity index (χ3n) is 3.70. The van der Waals surface area contributed by atoms with Gasteiger partial charge in [0.2, 0.25) is 9.84 Å². The predicted molar refractivity (Wildman–Crippen MR) is 89.8 cm³/mol. The van der Waals surface area contributed by atoms with Gasteiger partial charge in [-0.05, 0) is 37.3 Å². The van der Waals surface area contributed by atoms with Gasteiger partial charge in [-0.1, -0.05) is 0 Å². The van der Waals surface area contributed by atoms with Crippen LogP contribution in [-0.2, 0) is 21.2 Å². The van der Waals surface area contributed by atoms with Gasteiger partial charge < -0.3 is 10.1 Å². The van der Waals surface area contributed by atoms with Crippen LogP contribution in [0.15, 0.2) is 40.1 Å². The Labute approximate surface area is 144 Å². The lowest BCUT2D eigenvalue weighted by molar-refractivity contribution is 0.181. The van der Waals surface area contributed by atoms with Crippen LogP contribution in [0.3, 0.4) is 0 Å². The lowest BCUT2D eigenvalue weighted by atomic mass is 10.3. The normalized spacial score (nSPS) is 11.8. The number of methoxy groups -OCH3 is 1. The molecule has 1 aromatic carbocycles. The molecule has 0 aliphatic heterocycles. The Morgan fingerprint density at radius 1 is 1.28 bits per heavy atom. The summed E-state index contributed by atoms with van der Waals surface area (Å²) in [7, 11) is -0.831. The summed E-state index contributed by atoms with van der Waals surface area (Å²) in [5.41, 5.74) is 1.50. The van der Waals surface area contributed by atoms with E-state index in [-0.39, 0.29) is 27.9 Å². The highest BCUT2D eigenvalue weighted by atomic mass is 32.2. The molecule has 2 aromatic heterocycles. The van der Waals surface area contributed by atoms with Crippen LogP contribution in [0.1, 0.15) is 11.4 Å². The molecular weight excluding hydrogens is 347 g/mol. The number of anilines is 1. The molecule has 0 atom stereocenters. The molecule has 0 unspecified atom stereocenters. The van der Waals surface area contributed by atoms with Gasteiger partial charge in [0.15, 0.2) is 16.4 Å². The number of aromatic nitrogens is 3. The van der Waals surface area contributed by atoms with Crippen LogP contribution in [0.25, 0.3) is 5.65 Å². The van der Waals surface area contributed by atoms with Crippen molar-refractivity contribution in [2.45, 2.75) is 23.3 Å². The van der Waals surface area contributed by atoms with Gasteiger partial charge in [0.25, 0.3) is 0 Å². The fourth-order valence-corrected chi connectivity index (χ4v) is 4.07.